The van der Waals surface area contributed by atoms with E-state index in [2.05, 4.69) is 41.5 Å². The summed E-state index contributed by atoms with van der Waals surface area (Å²) in [6.45, 7) is 13.5. The van der Waals surface area contributed by atoms with Crippen LogP contribution in [0.2, 0.25) is 0 Å². The Morgan fingerprint density at radius 2 is 1.46 bits per heavy atom. The first-order chi connectivity index (χ1) is 5.63. The van der Waals surface area contributed by atoms with E-state index >= 15 is 0 Å². The van der Waals surface area contributed by atoms with Gasteiger partial charge >= 0.3 is 0 Å². The highest BCUT2D eigenvalue weighted by Gasteiger charge is 2.17. The fraction of sp³-hybridized carbons (Fsp3) is 0.917. The van der Waals surface area contributed by atoms with Crippen molar-refractivity contribution < 1.29 is 0 Å². The molecule has 0 aromatic heterocycles. The zero-order chi connectivity index (χ0) is 10.7. The molecule has 0 aliphatic carbocycles. The Labute approximate surface area is 89.1 Å². The van der Waals surface area contributed by atoms with Crippen LogP contribution in [0.15, 0.2) is 0 Å². The van der Waals surface area contributed by atoms with Gasteiger partial charge in [-0.3, -0.25) is 0 Å². The van der Waals surface area contributed by atoms with Crippen molar-refractivity contribution in [1.82, 2.24) is 0 Å². The van der Waals surface area contributed by atoms with Crippen LogP contribution >= 0.6 is 12.2 Å². The molecule has 0 radical (unpaired) electrons. The summed E-state index contributed by atoms with van der Waals surface area (Å²) in [6.07, 6.45) is 3.61. The average Bonchev–Trinajstić information content (AvgIpc) is 1.82. The van der Waals surface area contributed by atoms with Crippen LogP contribution in [0.1, 0.15) is 60.8 Å². The summed E-state index contributed by atoms with van der Waals surface area (Å²) in [5.41, 5.74) is 0.667. The van der Waals surface area contributed by atoms with E-state index in [1.807, 2.05) is 0 Å². The van der Waals surface area contributed by atoms with E-state index in [0.29, 0.717) is 5.41 Å². The highest BCUT2D eigenvalue weighted by atomic mass is 32.1. The molecule has 13 heavy (non-hydrogen) atoms. The minimum Gasteiger partial charge on any atom is -0.0891 e. The van der Waals surface area contributed by atoms with E-state index in [4.69, 9.17) is 12.2 Å². The van der Waals surface area contributed by atoms with Crippen LogP contribution in [0.3, 0.4) is 0 Å². The lowest BCUT2D eigenvalue weighted by atomic mass is 9.85. The second-order valence-electron chi connectivity index (χ2n) is 6.09. The van der Waals surface area contributed by atoms with Crippen molar-refractivity contribution >= 4 is 17.1 Å². The van der Waals surface area contributed by atoms with Gasteiger partial charge in [0.1, 0.15) is 0 Å². The van der Waals surface area contributed by atoms with Crippen molar-refractivity contribution in [2.45, 2.75) is 60.8 Å². The van der Waals surface area contributed by atoms with Gasteiger partial charge < -0.3 is 0 Å². The third-order valence-corrected chi connectivity index (χ3v) is 2.98. The molecular weight excluding hydrogens is 176 g/mol. The van der Waals surface area contributed by atoms with Gasteiger partial charge in [-0.15, -0.1) is 0 Å². The maximum Gasteiger partial charge on any atom is -0.00180 e. The Bertz CT molecular complexity index is 167. The molecule has 0 unspecified atom stereocenters. The molecule has 1 heteroatoms. The second-order valence-corrected chi connectivity index (χ2v) is 6.58. The molecule has 0 aromatic carbocycles. The Morgan fingerprint density at radius 3 is 1.77 bits per heavy atom. The molecule has 0 N–H and O–H groups in total. The molecule has 0 amide bonds. The lowest BCUT2D eigenvalue weighted by molar-refractivity contribution is 0.367. The van der Waals surface area contributed by atoms with Crippen molar-refractivity contribution in [2.75, 3.05) is 0 Å². The molecule has 0 aliphatic rings. The lowest BCUT2D eigenvalue weighted by Gasteiger charge is -2.22. The van der Waals surface area contributed by atoms with E-state index in [0.717, 1.165) is 6.42 Å². The normalized spacial score (nSPS) is 13.1. The largest absolute Gasteiger partial charge is 0.0891 e. The van der Waals surface area contributed by atoms with Gasteiger partial charge in [-0.2, -0.15) is 0 Å². The van der Waals surface area contributed by atoms with Gasteiger partial charge in [0.2, 0.25) is 0 Å². The summed E-state index contributed by atoms with van der Waals surface area (Å²) < 4.78 is 0. The van der Waals surface area contributed by atoms with Crippen LogP contribution in [-0.2, 0) is 0 Å². The summed E-state index contributed by atoms with van der Waals surface area (Å²) in [5.74, 6) is 0. The van der Waals surface area contributed by atoms with Crippen molar-refractivity contribution in [3.8, 4) is 0 Å². The molecule has 0 nitrogen and oxygen atoms in total. The third kappa shape index (κ3) is 7.18. The van der Waals surface area contributed by atoms with E-state index in [1.54, 1.807) is 0 Å². The zero-order valence-electron chi connectivity index (χ0n) is 10.0. The van der Waals surface area contributed by atoms with Crippen molar-refractivity contribution in [1.29, 1.82) is 0 Å². The van der Waals surface area contributed by atoms with Crippen molar-refractivity contribution in [3.63, 3.8) is 0 Å². The van der Waals surface area contributed by atoms with Gasteiger partial charge in [-0.25, -0.2) is 0 Å². The summed E-state index contributed by atoms with van der Waals surface area (Å²) in [4.78, 5) is 1.22. The van der Waals surface area contributed by atoms with Crippen molar-refractivity contribution in [3.05, 3.63) is 0 Å². The molecule has 78 valence electrons. The minimum absolute atomic E-state index is 0.215. The monoisotopic (exact) mass is 200 g/mol. The Balaban J connectivity index is 3.74. The molecule has 0 bridgehead atoms. The fourth-order valence-electron chi connectivity index (χ4n) is 1.15. The molecule has 0 fully saturated rings. The minimum atomic E-state index is 0.215. The summed E-state index contributed by atoms with van der Waals surface area (Å²) >= 11 is 5.38. The molecule has 0 atom stereocenters. The van der Waals surface area contributed by atoms with Crippen LogP contribution in [0.25, 0.3) is 0 Å². The van der Waals surface area contributed by atoms with Crippen LogP contribution in [-0.4, -0.2) is 4.86 Å². The van der Waals surface area contributed by atoms with E-state index in [9.17, 15) is 0 Å². The standard InChI is InChI=1S/C12H24S/c1-11(2,3)9-7-8-10(13)12(4,5)6/h7-9H2,1-6H3. The molecule has 0 saturated heterocycles. The molecule has 0 rings (SSSR count). The number of hydrogen-bond acceptors (Lipinski definition) is 1. The molecule has 0 aromatic rings. The van der Waals surface area contributed by atoms with Crippen molar-refractivity contribution in [2.24, 2.45) is 10.8 Å². The molecule has 0 aliphatic heterocycles. The smallest absolute Gasteiger partial charge is 0.00180 e. The Kier molecular flexibility index (Phi) is 4.58. The molecule has 0 saturated carbocycles. The number of thiocarbonyl (C=S) groups is 1. The predicted octanol–water partition coefficient (Wildman–Crippen LogP) is 4.62. The first-order valence-electron chi connectivity index (χ1n) is 5.16. The SMILES string of the molecule is CC(C)(C)CCCC(=S)C(C)(C)C. The van der Waals surface area contributed by atoms with Crippen LogP contribution in [0.5, 0.6) is 0 Å². The van der Waals surface area contributed by atoms with Gasteiger partial charge in [0.15, 0.2) is 0 Å². The predicted molar refractivity (Wildman–Crippen MR) is 65.4 cm³/mol. The van der Waals surface area contributed by atoms with E-state index < -0.39 is 0 Å². The molecule has 0 spiro atoms. The third-order valence-electron chi connectivity index (χ3n) is 2.17. The van der Waals surface area contributed by atoms with Crippen LogP contribution in [0, 0.1) is 10.8 Å². The average molecular weight is 200 g/mol. The maximum absolute atomic E-state index is 5.38. The van der Waals surface area contributed by atoms with Crippen LogP contribution in [0.4, 0.5) is 0 Å². The van der Waals surface area contributed by atoms with Gasteiger partial charge in [-0.1, -0.05) is 53.8 Å². The van der Waals surface area contributed by atoms with Gasteiger partial charge in [0, 0.05) is 0 Å². The maximum atomic E-state index is 5.38. The molecular formula is C12H24S. The lowest BCUT2D eigenvalue weighted by Crippen LogP contribution is -2.18. The van der Waals surface area contributed by atoms with Crippen LogP contribution < -0.4 is 0 Å². The topological polar surface area (TPSA) is 0 Å². The first-order valence-corrected chi connectivity index (χ1v) is 5.57. The fourth-order valence-corrected chi connectivity index (χ4v) is 1.30. The van der Waals surface area contributed by atoms with E-state index in [-0.39, 0.29) is 5.41 Å². The summed E-state index contributed by atoms with van der Waals surface area (Å²) in [5, 5.41) is 0. The highest BCUT2D eigenvalue weighted by molar-refractivity contribution is 7.80. The number of hydrogen-bond donors (Lipinski definition) is 0. The van der Waals surface area contributed by atoms with Gasteiger partial charge in [-0.05, 0) is 35.0 Å². The number of rotatable bonds is 3. The quantitative estimate of drug-likeness (QED) is 0.599. The second kappa shape index (κ2) is 4.54. The Morgan fingerprint density at radius 1 is 1.00 bits per heavy atom. The zero-order valence-corrected chi connectivity index (χ0v) is 10.8. The Hall–Kier alpha value is 0.0900. The van der Waals surface area contributed by atoms with Gasteiger partial charge in [0.05, 0.1) is 0 Å². The van der Waals surface area contributed by atoms with Gasteiger partial charge in [0.25, 0.3) is 0 Å². The first kappa shape index (κ1) is 13.1. The summed E-state index contributed by atoms with van der Waals surface area (Å²) in [6, 6.07) is 0. The molecule has 0 heterocycles. The van der Waals surface area contributed by atoms with E-state index in [1.165, 1.54) is 17.7 Å². The highest BCUT2D eigenvalue weighted by Crippen LogP contribution is 2.25. The summed E-state index contributed by atoms with van der Waals surface area (Å²) in [7, 11) is 0.